The number of rotatable bonds is 3. The van der Waals surface area contributed by atoms with E-state index in [9.17, 15) is 4.39 Å². The van der Waals surface area contributed by atoms with E-state index in [-0.39, 0.29) is 21.6 Å². The van der Waals surface area contributed by atoms with Gasteiger partial charge in [-0.05, 0) is 13.0 Å². The molecular weight excluding hydrogens is 311 g/mol. The van der Waals surface area contributed by atoms with Gasteiger partial charge < -0.3 is 4.74 Å². The lowest BCUT2D eigenvalue weighted by atomic mass is 10.3. The molecule has 7 heteroatoms. The summed E-state index contributed by atoms with van der Waals surface area (Å²) in [5.74, 6) is -0.367. The second kappa shape index (κ2) is 5.61. The highest BCUT2D eigenvalue weighted by Gasteiger charge is 2.23. The molecule has 1 rings (SSSR count). The summed E-state index contributed by atoms with van der Waals surface area (Å²) in [6.07, 6.45) is 0. The van der Waals surface area contributed by atoms with Crippen LogP contribution in [0.1, 0.15) is 6.92 Å². The Bertz CT molecular complexity index is 456. The van der Waals surface area contributed by atoms with Crippen molar-refractivity contribution in [3.05, 3.63) is 23.0 Å². The smallest absolute Gasteiger partial charge is 0.167 e. The summed E-state index contributed by atoms with van der Waals surface area (Å²) in [4.78, 5) is 3.78. The van der Waals surface area contributed by atoms with E-state index in [0.717, 1.165) is 6.07 Å². The normalized spacial score (nSPS) is 12.8. The Hall–Kier alpha value is -0.220. The lowest BCUT2D eigenvalue weighted by Crippen LogP contribution is -2.15. The van der Waals surface area contributed by atoms with Crippen LogP contribution in [0.4, 0.5) is 10.1 Å². The van der Waals surface area contributed by atoms with Crippen LogP contribution in [0.15, 0.2) is 17.1 Å². The number of nitrogens with zero attached hydrogens (tertiary/aromatic N) is 1. The largest absolute Gasteiger partial charge is 0.495 e. The summed E-state index contributed by atoms with van der Waals surface area (Å²) in [6.45, 7) is 1.42. The first-order chi connectivity index (χ1) is 7.75. The molecule has 0 saturated heterocycles. The Balaban J connectivity index is 3.24. The summed E-state index contributed by atoms with van der Waals surface area (Å²) >= 11 is 22.9. The van der Waals surface area contributed by atoms with Gasteiger partial charge in [-0.3, -0.25) is 0 Å². The first-order valence-electron chi connectivity index (χ1n) is 4.41. The molecule has 1 aromatic carbocycles. The highest BCUT2D eigenvalue weighted by molar-refractivity contribution is 6.79. The average molecular weight is 319 g/mol. The Morgan fingerprint density at radius 2 is 2.00 bits per heavy atom. The molecule has 0 bridgehead atoms. The second-order valence-corrected chi connectivity index (χ2v) is 5.70. The van der Waals surface area contributed by atoms with Gasteiger partial charge in [0.05, 0.1) is 12.1 Å². The number of benzene rings is 1. The van der Waals surface area contributed by atoms with Gasteiger partial charge in [0.2, 0.25) is 0 Å². The fraction of sp³-hybridized carbons (Fsp3) is 0.300. The Morgan fingerprint density at radius 3 is 2.47 bits per heavy atom. The predicted octanol–water partition coefficient (Wildman–Crippen LogP) is 4.95. The number of hydrogen-bond donors (Lipinski definition) is 0. The van der Waals surface area contributed by atoms with Crippen molar-refractivity contribution in [1.29, 1.82) is 0 Å². The molecule has 0 aliphatic heterocycles. The lowest BCUT2D eigenvalue weighted by molar-refractivity contribution is 0.414. The molecule has 0 aliphatic carbocycles. The maximum absolute atomic E-state index is 13.5. The molecule has 17 heavy (non-hydrogen) atoms. The minimum atomic E-state index is -1.39. The molecule has 0 N–H and O–H groups in total. The highest BCUT2D eigenvalue weighted by Crippen LogP contribution is 2.34. The van der Waals surface area contributed by atoms with Crippen LogP contribution in [0.5, 0.6) is 5.75 Å². The summed E-state index contributed by atoms with van der Waals surface area (Å²) < 4.78 is 17.1. The van der Waals surface area contributed by atoms with Crippen molar-refractivity contribution in [3.8, 4) is 5.75 Å². The van der Waals surface area contributed by atoms with Crippen LogP contribution in [-0.2, 0) is 0 Å². The van der Waals surface area contributed by atoms with Crippen molar-refractivity contribution in [2.75, 3.05) is 7.11 Å². The van der Waals surface area contributed by atoms with Crippen LogP contribution in [-0.4, -0.2) is 16.6 Å². The molecule has 0 aromatic heterocycles. The molecule has 0 fully saturated rings. The van der Waals surface area contributed by atoms with Gasteiger partial charge in [0.25, 0.3) is 0 Å². The predicted molar refractivity (Wildman–Crippen MR) is 71.0 cm³/mol. The molecule has 94 valence electrons. The van der Waals surface area contributed by atoms with Crippen LogP contribution in [0.3, 0.4) is 0 Å². The third-order valence-electron chi connectivity index (χ3n) is 1.80. The summed E-state index contributed by atoms with van der Waals surface area (Å²) in [5, 5.41) is -0.0105. The summed E-state index contributed by atoms with van der Waals surface area (Å²) in [6, 6.07) is 2.38. The van der Waals surface area contributed by atoms with Gasteiger partial charge in [-0.25, -0.2) is 9.38 Å². The number of ether oxygens (including phenoxy) is 1. The van der Waals surface area contributed by atoms with Crippen molar-refractivity contribution in [3.63, 3.8) is 0 Å². The molecule has 1 aromatic rings. The highest BCUT2D eigenvalue weighted by atomic mass is 35.5. The van der Waals surface area contributed by atoms with Gasteiger partial charge in [-0.2, -0.15) is 0 Å². The third-order valence-corrected chi connectivity index (χ3v) is 3.11. The molecule has 0 amide bonds. The molecule has 2 nitrogen and oxygen atoms in total. The topological polar surface area (TPSA) is 21.6 Å². The molecule has 0 saturated carbocycles. The standard InChI is InChI=1S/C10H8Cl4FNO/c1-10(13,14)9(12)16-7-4-8(17-2)5(11)3-6(7)15/h3-4H,1-2H3. The molecule has 0 heterocycles. The van der Waals surface area contributed by atoms with Crippen molar-refractivity contribution < 1.29 is 9.13 Å². The quantitative estimate of drug-likeness (QED) is 0.570. The summed E-state index contributed by atoms with van der Waals surface area (Å²) in [5.41, 5.74) is -0.0521. The van der Waals surface area contributed by atoms with E-state index in [1.54, 1.807) is 0 Å². The maximum atomic E-state index is 13.5. The number of methoxy groups -OCH3 is 1. The van der Waals surface area contributed by atoms with Gasteiger partial charge in [0.15, 0.2) is 10.2 Å². The van der Waals surface area contributed by atoms with Gasteiger partial charge in [-0.15, -0.1) is 0 Å². The molecule has 0 atom stereocenters. The van der Waals surface area contributed by atoms with Crippen molar-refractivity contribution in [2.24, 2.45) is 4.99 Å². The number of alkyl halides is 2. The first-order valence-corrected chi connectivity index (χ1v) is 5.92. The SMILES string of the molecule is COc1cc(N=C(Cl)C(C)(Cl)Cl)c(F)cc1Cl. The van der Waals surface area contributed by atoms with Crippen molar-refractivity contribution >= 4 is 57.3 Å². The van der Waals surface area contributed by atoms with Crippen LogP contribution >= 0.6 is 46.4 Å². The van der Waals surface area contributed by atoms with Crippen LogP contribution < -0.4 is 4.74 Å². The van der Waals surface area contributed by atoms with Gasteiger partial charge in [-0.1, -0.05) is 46.4 Å². The second-order valence-electron chi connectivity index (χ2n) is 3.23. The maximum Gasteiger partial charge on any atom is 0.167 e. The molecule has 0 unspecified atom stereocenters. The van der Waals surface area contributed by atoms with Crippen molar-refractivity contribution in [2.45, 2.75) is 11.3 Å². The molecular formula is C10H8Cl4FNO. The van der Waals surface area contributed by atoms with Gasteiger partial charge >= 0.3 is 0 Å². The molecule has 0 aliphatic rings. The van der Waals surface area contributed by atoms with E-state index in [1.165, 1.54) is 20.1 Å². The lowest BCUT2D eigenvalue weighted by Gasteiger charge is -2.11. The Labute approximate surface area is 118 Å². The number of halogens is 5. The van der Waals surface area contributed by atoms with E-state index in [2.05, 4.69) is 4.99 Å². The zero-order valence-electron chi connectivity index (χ0n) is 8.90. The zero-order chi connectivity index (χ0) is 13.2. The molecule has 0 radical (unpaired) electrons. The Morgan fingerprint density at radius 1 is 1.41 bits per heavy atom. The molecule has 0 spiro atoms. The van der Waals surface area contributed by atoms with Crippen LogP contribution in [0, 0.1) is 5.82 Å². The summed E-state index contributed by atoms with van der Waals surface area (Å²) in [7, 11) is 1.40. The van der Waals surface area contributed by atoms with E-state index in [1.807, 2.05) is 0 Å². The fourth-order valence-corrected chi connectivity index (χ4v) is 1.37. The first kappa shape index (κ1) is 14.8. The minimum absolute atomic E-state index is 0.0521. The van der Waals surface area contributed by atoms with Crippen LogP contribution in [0.25, 0.3) is 0 Å². The minimum Gasteiger partial charge on any atom is -0.495 e. The van der Waals surface area contributed by atoms with E-state index in [0.29, 0.717) is 0 Å². The Kier molecular flexibility index (Phi) is 4.90. The average Bonchev–Trinajstić information content (AvgIpc) is 2.20. The fourth-order valence-electron chi connectivity index (χ4n) is 0.964. The van der Waals surface area contributed by atoms with Gasteiger partial charge in [0.1, 0.15) is 16.6 Å². The van der Waals surface area contributed by atoms with Gasteiger partial charge in [0, 0.05) is 6.07 Å². The third kappa shape index (κ3) is 3.88. The van der Waals surface area contributed by atoms with E-state index >= 15 is 0 Å². The number of hydrogen-bond acceptors (Lipinski definition) is 2. The van der Waals surface area contributed by atoms with E-state index < -0.39 is 10.2 Å². The number of aliphatic imine (C=N–C) groups is 1. The monoisotopic (exact) mass is 317 g/mol. The van der Waals surface area contributed by atoms with Crippen molar-refractivity contribution in [1.82, 2.24) is 0 Å². The zero-order valence-corrected chi connectivity index (χ0v) is 11.9. The van der Waals surface area contributed by atoms with E-state index in [4.69, 9.17) is 51.1 Å². The van der Waals surface area contributed by atoms with Crippen LogP contribution in [0.2, 0.25) is 5.02 Å².